The van der Waals surface area contributed by atoms with E-state index in [1.165, 1.54) is 19.3 Å². The average molecular weight is 305 g/mol. The van der Waals surface area contributed by atoms with Crippen LogP contribution in [0.5, 0.6) is 0 Å². The van der Waals surface area contributed by atoms with Crippen LogP contribution in [0.1, 0.15) is 49.5 Å². The van der Waals surface area contributed by atoms with Crippen molar-refractivity contribution in [2.45, 2.75) is 45.1 Å². The summed E-state index contributed by atoms with van der Waals surface area (Å²) in [5, 5.41) is 2.89. The fourth-order valence-electron chi connectivity index (χ4n) is 3.00. The van der Waals surface area contributed by atoms with Crippen molar-refractivity contribution in [1.29, 1.82) is 0 Å². The molecule has 1 fully saturated rings. The summed E-state index contributed by atoms with van der Waals surface area (Å²) < 4.78 is 4.98. The van der Waals surface area contributed by atoms with Gasteiger partial charge < -0.3 is 15.0 Å². The lowest BCUT2D eigenvalue weighted by atomic mass is 9.99. The predicted octanol–water partition coefficient (Wildman–Crippen LogP) is 2.62. The third kappa shape index (κ3) is 4.44. The molecule has 122 valence electrons. The molecule has 1 saturated heterocycles. The molecule has 2 rings (SSSR count). The maximum atomic E-state index is 12.2. The maximum Gasteiger partial charge on any atom is 0.269 e. The number of hydrogen-bond acceptors (Lipinski definition) is 4. The number of nitrogens with zero attached hydrogens (tertiary/aromatic N) is 2. The van der Waals surface area contributed by atoms with E-state index in [0.717, 1.165) is 25.1 Å². The number of methoxy groups -OCH3 is 1. The third-order valence-electron chi connectivity index (χ3n) is 4.22. The van der Waals surface area contributed by atoms with Gasteiger partial charge in [0.2, 0.25) is 0 Å². The Morgan fingerprint density at radius 2 is 2.36 bits per heavy atom. The number of ether oxygens (including phenoxy) is 1. The van der Waals surface area contributed by atoms with Gasteiger partial charge in [-0.25, -0.2) is 0 Å². The zero-order chi connectivity index (χ0) is 15.8. The van der Waals surface area contributed by atoms with Crippen molar-refractivity contribution in [3.8, 4) is 0 Å². The fraction of sp³-hybridized carbons (Fsp3) is 0.647. The van der Waals surface area contributed by atoms with Gasteiger partial charge in [-0.15, -0.1) is 0 Å². The molecule has 1 amide bonds. The minimum atomic E-state index is -0.108. The van der Waals surface area contributed by atoms with Crippen LogP contribution in [0.4, 0.5) is 5.69 Å². The number of carbonyl (C=O) groups is 1. The quantitative estimate of drug-likeness (QED) is 0.787. The Morgan fingerprint density at radius 3 is 3.14 bits per heavy atom. The van der Waals surface area contributed by atoms with E-state index in [-0.39, 0.29) is 5.91 Å². The van der Waals surface area contributed by atoms with Gasteiger partial charge >= 0.3 is 0 Å². The van der Waals surface area contributed by atoms with Crippen LogP contribution in [-0.4, -0.2) is 43.7 Å². The number of piperidine rings is 1. The highest BCUT2D eigenvalue weighted by molar-refractivity contribution is 5.93. The van der Waals surface area contributed by atoms with Gasteiger partial charge in [-0.1, -0.05) is 6.92 Å². The number of hydrogen-bond donors (Lipinski definition) is 1. The second-order valence-electron chi connectivity index (χ2n) is 5.75. The van der Waals surface area contributed by atoms with Crippen LogP contribution in [0.3, 0.4) is 0 Å². The zero-order valence-corrected chi connectivity index (χ0v) is 13.7. The van der Waals surface area contributed by atoms with Crippen LogP contribution in [-0.2, 0) is 4.74 Å². The van der Waals surface area contributed by atoms with E-state index in [1.807, 2.05) is 12.1 Å². The highest BCUT2D eigenvalue weighted by Gasteiger charge is 2.21. The molecule has 2 heterocycles. The first-order valence-electron chi connectivity index (χ1n) is 8.26. The largest absolute Gasteiger partial charge is 0.385 e. The molecular weight excluding hydrogens is 278 g/mol. The van der Waals surface area contributed by atoms with Crippen LogP contribution < -0.4 is 10.2 Å². The Bertz CT molecular complexity index is 479. The first-order chi connectivity index (χ1) is 10.8. The second kappa shape index (κ2) is 8.73. The predicted molar refractivity (Wildman–Crippen MR) is 88.3 cm³/mol. The van der Waals surface area contributed by atoms with Crippen LogP contribution >= 0.6 is 0 Å². The van der Waals surface area contributed by atoms with Gasteiger partial charge in [-0.05, 0) is 44.2 Å². The summed E-state index contributed by atoms with van der Waals surface area (Å²) in [7, 11) is 1.66. The molecule has 1 atom stereocenters. The average Bonchev–Trinajstić information content (AvgIpc) is 2.58. The smallest absolute Gasteiger partial charge is 0.269 e. The Labute approximate surface area is 133 Å². The lowest BCUT2D eigenvalue weighted by molar-refractivity contribution is 0.0943. The molecule has 0 saturated carbocycles. The molecule has 1 unspecified atom stereocenters. The van der Waals surface area contributed by atoms with Crippen LogP contribution in [0.2, 0.25) is 0 Å². The summed E-state index contributed by atoms with van der Waals surface area (Å²) in [5.41, 5.74) is 1.61. The third-order valence-corrected chi connectivity index (χ3v) is 4.22. The molecule has 0 bridgehead atoms. The SMILES string of the molecule is CCC1CCCCN1c1ccnc(C(=O)NCCCOC)c1. The van der Waals surface area contributed by atoms with Gasteiger partial charge in [0.15, 0.2) is 0 Å². The molecule has 0 aliphatic carbocycles. The summed E-state index contributed by atoms with van der Waals surface area (Å²) >= 11 is 0. The molecule has 1 aromatic rings. The fourth-order valence-corrected chi connectivity index (χ4v) is 3.00. The normalized spacial score (nSPS) is 18.3. The first-order valence-corrected chi connectivity index (χ1v) is 8.26. The molecule has 5 heteroatoms. The van der Waals surface area contributed by atoms with Gasteiger partial charge in [0.05, 0.1) is 0 Å². The Morgan fingerprint density at radius 1 is 1.50 bits per heavy atom. The van der Waals surface area contributed by atoms with E-state index in [2.05, 4.69) is 22.1 Å². The minimum absolute atomic E-state index is 0.108. The first kappa shape index (κ1) is 16.7. The zero-order valence-electron chi connectivity index (χ0n) is 13.7. The molecule has 0 radical (unpaired) electrons. The topological polar surface area (TPSA) is 54.5 Å². The number of nitrogens with one attached hydrogen (secondary N) is 1. The highest BCUT2D eigenvalue weighted by atomic mass is 16.5. The molecule has 22 heavy (non-hydrogen) atoms. The molecule has 1 N–H and O–H groups in total. The molecule has 0 spiro atoms. The van der Waals surface area contributed by atoms with Crippen molar-refractivity contribution in [1.82, 2.24) is 10.3 Å². The molecule has 1 aliphatic rings. The molecule has 1 aliphatic heterocycles. The van der Waals surface area contributed by atoms with Crippen LogP contribution in [0.25, 0.3) is 0 Å². The lowest BCUT2D eigenvalue weighted by Crippen LogP contribution is -2.39. The standard InChI is InChI=1S/C17H27N3O2/c1-3-14-7-4-5-11-20(14)15-8-10-18-16(13-15)17(21)19-9-6-12-22-2/h8,10,13-14H,3-7,9,11-12H2,1-2H3,(H,19,21). The summed E-state index contributed by atoms with van der Waals surface area (Å²) in [6.45, 7) is 4.56. The number of amides is 1. The van der Waals surface area contributed by atoms with Crippen molar-refractivity contribution >= 4 is 11.6 Å². The van der Waals surface area contributed by atoms with Crippen LogP contribution in [0.15, 0.2) is 18.3 Å². The van der Waals surface area contributed by atoms with E-state index in [1.54, 1.807) is 13.3 Å². The Balaban J connectivity index is 2.01. The number of aromatic nitrogens is 1. The Kier molecular flexibility index (Phi) is 6.65. The second-order valence-corrected chi connectivity index (χ2v) is 5.75. The minimum Gasteiger partial charge on any atom is -0.385 e. The molecule has 5 nitrogen and oxygen atoms in total. The molecule has 0 aromatic carbocycles. The van der Waals surface area contributed by atoms with E-state index < -0.39 is 0 Å². The number of anilines is 1. The highest BCUT2D eigenvalue weighted by Crippen LogP contribution is 2.26. The van der Waals surface area contributed by atoms with Gasteiger partial charge in [-0.2, -0.15) is 0 Å². The maximum absolute atomic E-state index is 12.2. The number of rotatable bonds is 7. The number of pyridine rings is 1. The van der Waals surface area contributed by atoms with Crippen molar-refractivity contribution in [2.75, 3.05) is 31.7 Å². The van der Waals surface area contributed by atoms with Gasteiger partial charge in [0.25, 0.3) is 5.91 Å². The monoisotopic (exact) mass is 305 g/mol. The number of carbonyl (C=O) groups excluding carboxylic acids is 1. The summed E-state index contributed by atoms with van der Waals surface area (Å²) in [4.78, 5) is 18.8. The van der Waals surface area contributed by atoms with E-state index in [4.69, 9.17) is 4.74 Å². The molecular formula is C17H27N3O2. The van der Waals surface area contributed by atoms with Gasteiger partial charge in [0.1, 0.15) is 5.69 Å². The van der Waals surface area contributed by atoms with Crippen molar-refractivity contribution in [3.63, 3.8) is 0 Å². The van der Waals surface area contributed by atoms with E-state index >= 15 is 0 Å². The summed E-state index contributed by atoms with van der Waals surface area (Å²) in [6.07, 6.45) is 7.44. The van der Waals surface area contributed by atoms with Gasteiger partial charge in [-0.3, -0.25) is 9.78 Å². The van der Waals surface area contributed by atoms with Crippen molar-refractivity contribution in [3.05, 3.63) is 24.0 Å². The van der Waals surface area contributed by atoms with E-state index in [9.17, 15) is 4.79 Å². The molecule has 1 aromatic heterocycles. The van der Waals surface area contributed by atoms with Crippen molar-refractivity contribution in [2.24, 2.45) is 0 Å². The van der Waals surface area contributed by atoms with Crippen molar-refractivity contribution < 1.29 is 9.53 Å². The summed E-state index contributed by atoms with van der Waals surface area (Å²) in [6, 6.07) is 4.50. The van der Waals surface area contributed by atoms with E-state index in [0.29, 0.717) is 24.9 Å². The van der Waals surface area contributed by atoms with Gasteiger partial charge in [0, 0.05) is 44.7 Å². The Hall–Kier alpha value is -1.62. The lowest BCUT2D eigenvalue weighted by Gasteiger charge is -2.37. The van der Waals surface area contributed by atoms with Crippen LogP contribution in [0, 0.1) is 0 Å². The summed E-state index contributed by atoms with van der Waals surface area (Å²) in [5.74, 6) is -0.108.